The number of aliphatic carboxylic acids is 1. The van der Waals surface area contributed by atoms with Crippen molar-refractivity contribution in [2.45, 2.75) is 12.8 Å². The normalized spacial score (nSPS) is 11.7. The second-order valence-corrected chi connectivity index (χ2v) is 5.99. The molecule has 0 aliphatic carbocycles. The number of carboxylic acid groups (broad SMARTS) is 1. The van der Waals surface area contributed by atoms with E-state index in [1.54, 1.807) is 11.3 Å². The summed E-state index contributed by atoms with van der Waals surface area (Å²) in [5.74, 6) is -0.792. The van der Waals surface area contributed by atoms with E-state index in [1.165, 1.54) is 0 Å². The smallest absolute Gasteiger partial charge is 0.303 e. The van der Waals surface area contributed by atoms with Gasteiger partial charge in [0.1, 0.15) is 5.01 Å². The number of nitrogens with zero attached hydrogens (tertiary/aromatic N) is 1. The van der Waals surface area contributed by atoms with E-state index >= 15 is 0 Å². The highest BCUT2D eigenvalue weighted by Crippen LogP contribution is 2.30. The minimum atomic E-state index is -0.792. The molecule has 0 radical (unpaired) electrons. The number of fused-ring (bicyclic) bond motifs is 1. The summed E-state index contributed by atoms with van der Waals surface area (Å²) in [4.78, 5) is 15.6. The van der Waals surface area contributed by atoms with Crippen LogP contribution in [0.5, 0.6) is 0 Å². The molecule has 0 aliphatic rings. The van der Waals surface area contributed by atoms with Gasteiger partial charge >= 0.3 is 5.97 Å². The SMILES string of the molecule is O=C(O)CCC(=Cc1ccccc1)c1nc2ccccc2s1. The topological polar surface area (TPSA) is 50.2 Å². The summed E-state index contributed by atoms with van der Waals surface area (Å²) in [5, 5.41) is 9.87. The number of rotatable bonds is 5. The molecule has 0 bridgehead atoms. The van der Waals surface area contributed by atoms with E-state index in [1.807, 2.05) is 60.7 Å². The van der Waals surface area contributed by atoms with Crippen LogP contribution < -0.4 is 0 Å². The third-order valence-electron chi connectivity index (χ3n) is 3.32. The highest BCUT2D eigenvalue weighted by Gasteiger charge is 2.10. The summed E-state index contributed by atoms with van der Waals surface area (Å²) in [5.41, 5.74) is 2.98. The van der Waals surface area contributed by atoms with Gasteiger partial charge in [-0.15, -0.1) is 11.3 Å². The van der Waals surface area contributed by atoms with Crippen molar-refractivity contribution in [2.24, 2.45) is 0 Å². The van der Waals surface area contributed by atoms with Crippen molar-refractivity contribution in [2.75, 3.05) is 0 Å². The Hall–Kier alpha value is -2.46. The molecule has 0 atom stereocenters. The number of para-hydroxylation sites is 1. The third kappa shape index (κ3) is 3.40. The minimum Gasteiger partial charge on any atom is -0.481 e. The van der Waals surface area contributed by atoms with Gasteiger partial charge in [-0.1, -0.05) is 42.5 Å². The number of carbonyl (C=O) groups is 1. The van der Waals surface area contributed by atoms with Crippen LogP contribution >= 0.6 is 11.3 Å². The monoisotopic (exact) mass is 309 g/mol. The zero-order valence-electron chi connectivity index (χ0n) is 11.9. The number of benzene rings is 2. The first-order chi connectivity index (χ1) is 10.7. The molecular weight excluding hydrogens is 294 g/mol. The lowest BCUT2D eigenvalue weighted by Crippen LogP contribution is -1.95. The molecule has 0 fully saturated rings. The highest BCUT2D eigenvalue weighted by atomic mass is 32.1. The quantitative estimate of drug-likeness (QED) is 0.743. The molecule has 0 aliphatic heterocycles. The van der Waals surface area contributed by atoms with Gasteiger partial charge in [-0.05, 0) is 35.8 Å². The van der Waals surface area contributed by atoms with Gasteiger partial charge in [0.05, 0.1) is 10.2 Å². The molecule has 1 N–H and O–H groups in total. The summed E-state index contributed by atoms with van der Waals surface area (Å²) in [6.45, 7) is 0. The van der Waals surface area contributed by atoms with Gasteiger partial charge in [0.15, 0.2) is 0 Å². The summed E-state index contributed by atoms with van der Waals surface area (Å²) in [6, 6.07) is 17.9. The fraction of sp³-hybridized carbons (Fsp3) is 0.111. The van der Waals surface area contributed by atoms with E-state index < -0.39 is 5.97 Å². The molecule has 3 nitrogen and oxygen atoms in total. The van der Waals surface area contributed by atoms with E-state index in [2.05, 4.69) is 4.98 Å². The zero-order chi connectivity index (χ0) is 15.4. The molecule has 0 saturated heterocycles. The Kier molecular flexibility index (Phi) is 4.30. The lowest BCUT2D eigenvalue weighted by Gasteiger charge is -2.03. The van der Waals surface area contributed by atoms with Crippen LogP contribution in [0.1, 0.15) is 23.4 Å². The van der Waals surface area contributed by atoms with Crippen molar-refractivity contribution >= 4 is 39.2 Å². The van der Waals surface area contributed by atoms with E-state index in [4.69, 9.17) is 5.11 Å². The summed E-state index contributed by atoms with van der Waals surface area (Å²) >= 11 is 1.60. The Labute approximate surface area is 132 Å². The molecular formula is C18H15NO2S. The van der Waals surface area contributed by atoms with Gasteiger partial charge in [-0.25, -0.2) is 4.98 Å². The molecule has 0 spiro atoms. The van der Waals surface area contributed by atoms with E-state index in [0.717, 1.165) is 26.4 Å². The number of thiazole rings is 1. The van der Waals surface area contributed by atoms with Gasteiger partial charge in [-0.3, -0.25) is 4.79 Å². The van der Waals surface area contributed by atoms with Crippen LogP contribution in [0.2, 0.25) is 0 Å². The van der Waals surface area contributed by atoms with Crippen molar-refractivity contribution in [1.29, 1.82) is 0 Å². The summed E-state index contributed by atoms with van der Waals surface area (Å²) < 4.78 is 1.12. The maximum Gasteiger partial charge on any atom is 0.303 e. The second kappa shape index (κ2) is 6.54. The molecule has 0 saturated carbocycles. The molecule has 0 unspecified atom stereocenters. The van der Waals surface area contributed by atoms with Crippen molar-refractivity contribution in [3.8, 4) is 0 Å². The number of allylic oxidation sites excluding steroid dienone is 1. The second-order valence-electron chi connectivity index (χ2n) is 4.96. The van der Waals surface area contributed by atoms with Crippen LogP contribution in [0.25, 0.3) is 21.9 Å². The van der Waals surface area contributed by atoms with Gasteiger partial charge in [0.25, 0.3) is 0 Å². The maximum absolute atomic E-state index is 10.9. The molecule has 4 heteroatoms. The first-order valence-electron chi connectivity index (χ1n) is 7.06. The van der Waals surface area contributed by atoms with Crippen molar-refractivity contribution in [3.63, 3.8) is 0 Å². The van der Waals surface area contributed by atoms with Crippen molar-refractivity contribution in [1.82, 2.24) is 4.98 Å². The molecule has 22 heavy (non-hydrogen) atoms. The van der Waals surface area contributed by atoms with Gasteiger partial charge in [-0.2, -0.15) is 0 Å². The van der Waals surface area contributed by atoms with Gasteiger partial charge in [0, 0.05) is 6.42 Å². The Balaban J connectivity index is 2.00. The average molecular weight is 309 g/mol. The fourth-order valence-electron chi connectivity index (χ4n) is 2.24. The van der Waals surface area contributed by atoms with Crippen LogP contribution in [0.15, 0.2) is 54.6 Å². The predicted molar refractivity (Wildman–Crippen MR) is 90.8 cm³/mol. The van der Waals surface area contributed by atoms with Crippen LogP contribution in [-0.4, -0.2) is 16.1 Å². The Morgan fingerprint density at radius 3 is 2.50 bits per heavy atom. The summed E-state index contributed by atoms with van der Waals surface area (Å²) in [6.07, 6.45) is 2.61. The number of carboxylic acids is 1. The number of hydrogen-bond donors (Lipinski definition) is 1. The van der Waals surface area contributed by atoms with Crippen LogP contribution in [-0.2, 0) is 4.79 Å². The molecule has 1 aromatic heterocycles. The maximum atomic E-state index is 10.9. The van der Waals surface area contributed by atoms with E-state index in [-0.39, 0.29) is 6.42 Å². The van der Waals surface area contributed by atoms with E-state index in [0.29, 0.717) is 6.42 Å². The Morgan fingerprint density at radius 2 is 1.77 bits per heavy atom. The Morgan fingerprint density at radius 1 is 1.05 bits per heavy atom. The summed E-state index contributed by atoms with van der Waals surface area (Å²) in [7, 11) is 0. The van der Waals surface area contributed by atoms with E-state index in [9.17, 15) is 4.79 Å². The molecule has 0 amide bonds. The largest absolute Gasteiger partial charge is 0.481 e. The molecule has 1 heterocycles. The standard InChI is InChI=1S/C18H15NO2S/c20-17(21)11-10-14(12-13-6-2-1-3-7-13)18-19-15-8-4-5-9-16(15)22-18/h1-9,12H,10-11H2,(H,20,21). The van der Waals surface area contributed by atoms with Crippen LogP contribution in [0.3, 0.4) is 0 Å². The highest BCUT2D eigenvalue weighted by molar-refractivity contribution is 7.19. The predicted octanol–water partition coefficient (Wildman–Crippen LogP) is 4.70. The van der Waals surface area contributed by atoms with Crippen molar-refractivity contribution < 1.29 is 9.90 Å². The van der Waals surface area contributed by atoms with Crippen molar-refractivity contribution in [3.05, 3.63) is 65.2 Å². The lowest BCUT2D eigenvalue weighted by molar-refractivity contribution is -0.136. The first kappa shape index (κ1) is 14.5. The molecule has 3 rings (SSSR count). The third-order valence-corrected chi connectivity index (χ3v) is 4.43. The first-order valence-corrected chi connectivity index (χ1v) is 7.87. The number of aromatic nitrogens is 1. The van der Waals surface area contributed by atoms with Crippen LogP contribution in [0.4, 0.5) is 0 Å². The van der Waals surface area contributed by atoms with Gasteiger partial charge in [0.2, 0.25) is 0 Å². The molecule has 2 aromatic carbocycles. The average Bonchev–Trinajstić information content (AvgIpc) is 2.96. The fourth-order valence-corrected chi connectivity index (χ4v) is 3.25. The van der Waals surface area contributed by atoms with Crippen LogP contribution in [0, 0.1) is 0 Å². The molecule has 110 valence electrons. The lowest BCUT2D eigenvalue weighted by atomic mass is 10.1. The molecule has 3 aromatic rings. The zero-order valence-corrected chi connectivity index (χ0v) is 12.7. The van der Waals surface area contributed by atoms with Gasteiger partial charge < -0.3 is 5.11 Å². The minimum absolute atomic E-state index is 0.106. The number of hydrogen-bond acceptors (Lipinski definition) is 3. The Bertz CT molecular complexity index is 788.